The lowest BCUT2D eigenvalue weighted by Crippen LogP contribution is -1.93. The standard InChI is InChI=1S/C30H21N/c1-3-9-22(10-4-1)24-15-18-26(19-16-24)31-29-14-8-7-13-27(29)28-21-25(17-20-30(28)31)23-11-5-2-6-12-23/h1-21H. The lowest BCUT2D eigenvalue weighted by atomic mass is 10.0. The van der Waals surface area contributed by atoms with E-state index < -0.39 is 0 Å². The highest BCUT2D eigenvalue weighted by molar-refractivity contribution is 6.10. The Morgan fingerprint density at radius 1 is 0.355 bits per heavy atom. The average Bonchev–Trinajstić information content (AvgIpc) is 3.19. The van der Waals surface area contributed by atoms with E-state index in [1.165, 1.54) is 49.7 Å². The number of hydrogen-bond acceptors (Lipinski definition) is 0. The molecule has 0 amide bonds. The fraction of sp³-hybridized carbons (Fsp3) is 0. The molecule has 1 heterocycles. The minimum absolute atomic E-state index is 1.18. The summed E-state index contributed by atoms with van der Waals surface area (Å²) >= 11 is 0. The molecule has 1 heteroatoms. The fourth-order valence-corrected chi connectivity index (χ4v) is 4.49. The number of rotatable bonds is 3. The highest BCUT2D eigenvalue weighted by atomic mass is 15.0. The normalized spacial score (nSPS) is 11.2. The summed E-state index contributed by atoms with van der Waals surface area (Å²) in [5.74, 6) is 0. The summed E-state index contributed by atoms with van der Waals surface area (Å²) in [4.78, 5) is 0. The van der Waals surface area contributed by atoms with Crippen molar-refractivity contribution in [3.8, 4) is 27.9 Å². The van der Waals surface area contributed by atoms with Crippen LogP contribution < -0.4 is 0 Å². The highest BCUT2D eigenvalue weighted by Crippen LogP contribution is 2.35. The number of nitrogens with zero attached hydrogens (tertiary/aromatic N) is 1. The minimum atomic E-state index is 1.18. The first kappa shape index (κ1) is 17.7. The van der Waals surface area contributed by atoms with E-state index in [-0.39, 0.29) is 0 Å². The van der Waals surface area contributed by atoms with E-state index in [2.05, 4.69) is 132 Å². The Bertz CT molecular complexity index is 1490. The lowest BCUT2D eigenvalue weighted by molar-refractivity contribution is 1.18. The molecule has 6 aromatic rings. The van der Waals surface area contributed by atoms with Crippen LogP contribution in [0.1, 0.15) is 0 Å². The van der Waals surface area contributed by atoms with Crippen LogP contribution in [0.25, 0.3) is 49.7 Å². The molecule has 31 heavy (non-hydrogen) atoms. The molecule has 0 N–H and O–H groups in total. The van der Waals surface area contributed by atoms with E-state index in [0.717, 1.165) is 0 Å². The van der Waals surface area contributed by atoms with E-state index in [0.29, 0.717) is 0 Å². The van der Waals surface area contributed by atoms with Crippen LogP contribution in [0.3, 0.4) is 0 Å². The Hall–Kier alpha value is -4.10. The first-order chi connectivity index (χ1) is 15.4. The van der Waals surface area contributed by atoms with Crippen molar-refractivity contribution in [3.05, 3.63) is 127 Å². The van der Waals surface area contributed by atoms with Crippen molar-refractivity contribution in [1.29, 1.82) is 0 Å². The average molecular weight is 396 g/mol. The van der Waals surface area contributed by atoms with Crippen LogP contribution in [0.5, 0.6) is 0 Å². The van der Waals surface area contributed by atoms with Gasteiger partial charge in [0.25, 0.3) is 0 Å². The largest absolute Gasteiger partial charge is 0.309 e. The molecule has 0 atom stereocenters. The molecular weight excluding hydrogens is 374 g/mol. The third kappa shape index (κ3) is 3.03. The van der Waals surface area contributed by atoms with Crippen LogP contribution in [-0.4, -0.2) is 4.57 Å². The van der Waals surface area contributed by atoms with E-state index in [4.69, 9.17) is 0 Å². The zero-order valence-corrected chi connectivity index (χ0v) is 17.1. The topological polar surface area (TPSA) is 4.93 Å². The van der Waals surface area contributed by atoms with Gasteiger partial charge in [-0.3, -0.25) is 0 Å². The number of para-hydroxylation sites is 1. The smallest absolute Gasteiger partial charge is 0.0541 e. The van der Waals surface area contributed by atoms with E-state index >= 15 is 0 Å². The number of aromatic nitrogens is 1. The van der Waals surface area contributed by atoms with Gasteiger partial charge in [0.15, 0.2) is 0 Å². The van der Waals surface area contributed by atoms with E-state index in [1.807, 2.05) is 0 Å². The van der Waals surface area contributed by atoms with Crippen molar-refractivity contribution >= 4 is 21.8 Å². The molecule has 6 rings (SSSR count). The maximum atomic E-state index is 2.37. The van der Waals surface area contributed by atoms with Gasteiger partial charge < -0.3 is 4.57 Å². The predicted octanol–water partition coefficient (Wildman–Crippen LogP) is 8.12. The lowest BCUT2D eigenvalue weighted by Gasteiger charge is -2.10. The first-order valence-electron chi connectivity index (χ1n) is 10.6. The molecule has 0 saturated carbocycles. The van der Waals surface area contributed by atoms with Gasteiger partial charge in [0.1, 0.15) is 0 Å². The Balaban J connectivity index is 1.54. The summed E-state index contributed by atoms with van der Waals surface area (Å²) in [6, 6.07) is 45.5. The second kappa shape index (κ2) is 7.30. The SMILES string of the molecule is c1ccc(-c2ccc(-n3c4ccccc4c4cc(-c5ccccc5)ccc43)cc2)cc1. The Morgan fingerprint density at radius 2 is 0.871 bits per heavy atom. The predicted molar refractivity (Wildman–Crippen MR) is 132 cm³/mol. The molecule has 1 aromatic heterocycles. The molecule has 0 aliphatic heterocycles. The van der Waals surface area contributed by atoms with Gasteiger partial charge in [-0.2, -0.15) is 0 Å². The van der Waals surface area contributed by atoms with Gasteiger partial charge in [-0.15, -0.1) is 0 Å². The molecule has 0 saturated heterocycles. The number of hydrogen-bond donors (Lipinski definition) is 0. The molecule has 0 bridgehead atoms. The van der Waals surface area contributed by atoms with Crippen molar-refractivity contribution in [2.45, 2.75) is 0 Å². The summed E-state index contributed by atoms with van der Waals surface area (Å²) in [5, 5.41) is 2.56. The molecule has 0 aliphatic rings. The summed E-state index contributed by atoms with van der Waals surface area (Å²) < 4.78 is 2.37. The molecule has 1 nitrogen and oxygen atoms in total. The van der Waals surface area contributed by atoms with Crippen molar-refractivity contribution in [2.75, 3.05) is 0 Å². The first-order valence-corrected chi connectivity index (χ1v) is 10.6. The second-order valence-electron chi connectivity index (χ2n) is 7.86. The maximum absolute atomic E-state index is 2.37. The van der Waals surface area contributed by atoms with Crippen LogP contribution in [0, 0.1) is 0 Å². The van der Waals surface area contributed by atoms with Crippen LogP contribution in [-0.2, 0) is 0 Å². The molecular formula is C30H21N. The Kier molecular flexibility index (Phi) is 4.18. The minimum Gasteiger partial charge on any atom is -0.309 e. The van der Waals surface area contributed by atoms with E-state index in [1.54, 1.807) is 0 Å². The summed E-state index contributed by atoms with van der Waals surface area (Å²) in [7, 11) is 0. The molecule has 0 aliphatic carbocycles. The number of fused-ring (bicyclic) bond motifs is 3. The third-order valence-electron chi connectivity index (χ3n) is 6.01. The number of benzene rings is 5. The van der Waals surface area contributed by atoms with Gasteiger partial charge >= 0.3 is 0 Å². The quantitative estimate of drug-likeness (QED) is 0.285. The van der Waals surface area contributed by atoms with Gasteiger partial charge in [0.2, 0.25) is 0 Å². The van der Waals surface area contributed by atoms with Crippen molar-refractivity contribution in [1.82, 2.24) is 4.57 Å². The summed E-state index contributed by atoms with van der Waals surface area (Å²) in [6.45, 7) is 0. The maximum Gasteiger partial charge on any atom is 0.0541 e. The van der Waals surface area contributed by atoms with Crippen molar-refractivity contribution in [3.63, 3.8) is 0 Å². The van der Waals surface area contributed by atoms with Gasteiger partial charge in [-0.1, -0.05) is 97.1 Å². The third-order valence-corrected chi connectivity index (χ3v) is 6.01. The molecule has 146 valence electrons. The van der Waals surface area contributed by atoms with Crippen LogP contribution >= 0.6 is 0 Å². The molecule has 0 radical (unpaired) electrons. The van der Waals surface area contributed by atoms with Gasteiger partial charge in [-0.25, -0.2) is 0 Å². The van der Waals surface area contributed by atoms with Gasteiger partial charge in [0, 0.05) is 16.5 Å². The zero-order valence-electron chi connectivity index (χ0n) is 17.1. The van der Waals surface area contributed by atoms with Gasteiger partial charge in [-0.05, 0) is 52.6 Å². The van der Waals surface area contributed by atoms with Crippen LogP contribution in [0.15, 0.2) is 127 Å². The van der Waals surface area contributed by atoms with Crippen LogP contribution in [0.4, 0.5) is 0 Å². The Morgan fingerprint density at radius 3 is 1.58 bits per heavy atom. The summed E-state index contributed by atoms with van der Waals surface area (Å²) in [5.41, 5.74) is 8.60. The highest BCUT2D eigenvalue weighted by Gasteiger charge is 2.13. The van der Waals surface area contributed by atoms with E-state index in [9.17, 15) is 0 Å². The monoisotopic (exact) mass is 395 g/mol. The van der Waals surface area contributed by atoms with Crippen molar-refractivity contribution in [2.24, 2.45) is 0 Å². The van der Waals surface area contributed by atoms with Crippen molar-refractivity contribution < 1.29 is 0 Å². The summed E-state index contributed by atoms with van der Waals surface area (Å²) in [6.07, 6.45) is 0. The fourth-order valence-electron chi connectivity index (χ4n) is 4.49. The Labute approximate surface area is 181 Å². The zero-order chi connectivity index (χ0) is 20.6. The molecule has 5 aromatic carbocycles. The molecule has 0 spiro atoms. The molecule has 0 fully saturated rings. The van der Waals surface area contributed by atoms with Gasteiger partial charge in [0.05, 0.1) is 11.0 Å². The van der Waals surface area contributed by atoms with Crippen LogP contribution in [0.2, 0.25) is 0 Å². The second-order valence-corrected chi connectivity index (χ2v) is 7.86. The molecule has 0 unspecified atom stereocenters.